The van der Waals surface area contributed by atoms with Crippen molar-refractivity contribution >= 4 is 27.9 Å². The number of aldehydes is 1. The molecule has 1 atom stereocenters. The van der Waals surface area contributed by atoms with E-state index in [4.69, 9.17) is 9.84 Å². The predicted molar refractivity (Wildman–Crippen MR) is 68.6 cm³/mol. The summed E-state index contributed by atoms with van der Waals surface area (Å²) in [4.78, 5) is 12.9. The molecule has 5 heteroatoms. The maximum absolute atomic E-state index is 10.7. The Bertz CT molecular complexity index is 411. The number of aliphatic hydroxyl groups is 1. The fraction of sp³-hybridized carbons (Fsp3) is 0.417. The van der Waals surface area contributed by atoms with E-state index in [-0.39, 0.29) is 12.7 Å². The van der Waals surface area contributed by atoms with Crippen molar-refractivity contribution in [3.8, 4) is 0 Å². The number of nitrogens with zero attached hydrogens (tertiary/aromatic N) is 1. The summed E-state index contributed by atoms with van der Waals surface area (Å²) in [6.45, 7) is 2.11. The van der Waals surface area contributed by atoms with E-state index in [2.05, 4.69) is 20.8 Å². The fourth-order valence-electron chi connectivity index (χ4n) is 1.87. The predicted octanol–water partition coefficient (Wildman–Crippen LogP) is 1.46. The molecule has 2 rings (SSSR count). The van der Waals surface area contributed by atoms with Crippen LogP contribution in [0, 0.1) is 0 Å². The van der Waals surface area contributed by atoms with Gasteiger partial charge in [-0.2, -0.15) is 0 Å². The maximum atomic E-state index is 10.7. The van der Waals surface area contributed by atoms with Crippen molar-refractivity contribution in [1.82, 2.24) is 0 Å². The van der Waals surface area contributed by atoms with Crippen molar-refractivity contribution < 1.29 is 14.6 Å². The lowest BCUT2D eigenvalue weighted by Crippen LogP contribution is -2.44. The molecule has 0 radical (unpaired) electrons. The van der Waals surface area contributed by atoms with Gasteiger partial charge >= 0.3 is 0 Å². The lowest BCUT2D eigenvalue weighted by atomic mass is 10.2. The van der Waals surface area contributed by atoms with Gasteiger partial charge < -0.3 is 14.7 Å². The number of aliphatic hydroxyl groups excluding tert-OH is 1. The second kappa shape index (κ2) is 5.62. The normalized spacial score (nSPS) is 20.4. The van der Waals surface area contributed by atoms with Crippen LogP contribution in [-0.2, 0) is 4.74 Å². The lowest BCUT2D eigenvalue weighted by Gasteiger charge is -2.33. The third-order valence-corrected chi connectivity index (χ3v) is 3.51. The zero-order valence-electron chi connectivity index (χ0n) is 9.30. The summed E-state index contributed by atoms with van der Waals surface area (Å²) >= 11 is 3.37. The highest BCUT2D eigenvalue weighted by atomic mass is 79.9. The van der Waals surface area contributed by atoms with Crippen LogP contribution in [0.15, 0.2) is 22.7 Å². The summed E-state index contributed by atoms with van der Waals surface area (Å²) in [6.07, 6.45) is 0.692. The molecule has 1 aromatic carbocycles. The highest BCUT2D eigenvalue weighted by molar-refractivity contribution is 9.10. The van der Waals surface area contributed by atoms with Crippen molar-refractivity contribution in [2.24, 2.45) is 0 Å². The summed E-state index contributed by atoms with van der Waals surface area (Å²) in [6, 6.07) is 5.62. The molecule has 1 fully saturated rings. The van der Waals surface area contributed by atoms with Gasteiger partial charge in [0.15, 0.2) is 6.29 Å². The van der Waals surface area contributed by atoms with E-state index in [0.717, 1.165) is 23.0 Å². The minimum atomic E-state index is -0.131. The number of ether oxygens (including phenoxy) is 1. The Morgan fingerprint density at radius 2 is 2.41 bits per heavy atom. The molecule has 4 nitrogen and oxygen atoms in total. The molecule has 0 aromatic heterocycles. The molecule has 1 aromatic rings. The van der Waals surface area contributed by atoms with E-state index in [1.165, 1.54) is 0 Å². The number of halogens is 1. The molecule has 0 saturated carbocycles. The molecule has 1 N–H and O–H groups in total. The lowest BCUT2D eigenvalue weighted by molar-refractivity contribution is 0.00356. The van der Waals surface area contributed by atoms with Crippen LogP contribution in [0.2, 0.25) is 0 Å². The first kappa shape index (κ1) is 12.5. The van der Waals surface area contributed by atoms with Crippen LogP contribution in [-0.4, -0.2) is 43.8 Å². The first-order valence-electron chi connectivity index (χ1n) is 5.46. The summed E-state index contributed by atoms with van der Waals surface area (Å²) in [5, 5.41) is 9.09. The molecule has 1 heterocycles. The molecular weight excluding hydrogens is 286 g/mol. The molecule has 0 aliphatic carbocycles. The Hall–Kier alpha value is -0.910. The zero-order chi connectivity index (χ0) is 12.3. The molecule has 92 valence electrons. The van der Waals surface area contributed by atoms with Gasteiger partial charge in [-0.1, -0.05) is 0 Å². The van der Waals surface area contributed by atoms with E-state index < -0.39 is 0 Å². The van der Waals surface area contributed by atoms with E-state index in [9.17, 15) is 4.79 Å². The van der Waals surface area contributed by atoms with Gasteiger partial charge in [0.1, 0.15) is 0 Å². The Balaban J connectivity index is 2.16. The Morgan fingerprint density at radius 1 is 1.59 bits per heavy atom. The van der Waals surface area contributed by atoms with Gasteiger partial charge in [-0.05, 0) is 34.1 Å². The molecule has 0 spiro atoms. The topological polar surface area (TPSA) is 49.8 Å². The number of carbonyl (C=O) groups excluding carboxylic acids is 1. The van der Waals surface area contributed by atoms with Crippen LogP contribution in [0.1, 0.15) is 10.4 Å². The van der Waals surface area contributed by atoms with Crippen LogP contribution < -0.4 is 4.90 Å². The summed E-state index contributed by atoms with van der Waals surface area (Å²) in [7, 11) is 0. The van der Waals surface area contributed by atoms with Gasteiger partial charge in [0.25, 0.3) is 0 Å². The third-order valence-electron chi connectivity index (χ3n) is 2.82. The van der Waals surface area contributed by atoms with Crippen LogP contribution >= 0.6 is 15.9 Å². The minimum Gasteiger partial charge on any atom is -0.394 e. The summed E-state index contributed by atoms with van der Waals surface area (Å²) < 4.78 is 6.18. The largest absolute Gasteiger partial charge is 0.394 e. The second-order valence-electron chi connectivity index (χ2n) is 3.95. The highest BCUT2D eigenvalue weighted by Gasteiger charge is 2.20. The maximum Gasteiger partial charge on any atom is 0.151 e. The zero-order valence-corrected chi connectivity index (χ0v) is 10.9. The smallest absolute Gasteiger partial charge is 0.151 e. The standard InChI is InChI=1S/C12H14BrNO3/c13-12-5-10(2-1-9(12)7-15)14-3-4-17-11(6-14)8-16/h1-2,5,7,11,16H,3-4,6,8H2. The quantitative estimate of drug-likeness (QED) is 0.859. The molecule has 0 amide bonds. The molecule has 17 heavy (non-hydrogen) atoms. The Kier molecular flexibility index (Phi) is 4.15. The molecular formula is C12H14BrNO3. The summed E-state index contributed by atoms with van der Waals surface area (Å²) in [5.74, 6) is 0. The van der Waals surface area contributed by atoms with E-state index in [1.54, 1.807) is 6.07 Å². The van der Waals surface area contributed by atoms with Gasteiger partial charge in [-0.3, -0.25) is 4.79 Å². The first-order valence-corrected chi connectivity index (χ1v) is 6.26. The van der Waals surface area contributed by atoms with Crippen LogP contribution in [0.4, 0.5) is 5.69 Å². The molecule has 1 aliphatic rings. The Morgan fingerprint density at radius 3 is 3.06 bits per heavy atom. The SMILES string of the molecule is O=Cc1ccc(N2CCOC(CO)C2)cc1Br. The number of carbonyl (C=O) groups is 1. The molecule has 1 saturated heterocycles. The van der Waals surface area contributed by atoms with Crippen LogP contribution in [0.5, 0.6) is 0 Å². The molecule has 0 bridgehead atoms. The Labute approximate surface area is 108 Å². The minimum absolute atomic E-state index is 0.0318. The summed E-state index contributed by atoms with van der Waals surface area (Å²) in [5.41, 5.74) is 1.67. The average Bonchev–Trinajstić information content (AvgIpc) is 2.38. The van der Waals surface area contributed by atoms with Gasteiger partial charge in [0.05, 0.1) is 19.3 Å². The van der Waals surface area contributed by atoms with E-state index >= 15 is 0 Å². The van der Waals surface area contributed by atoms with Gasteiger partial charge in [-0.15, -0.1) is 0 Å². The fourth-order valence-corrected chi connectivity index (χ4v) is 2.33. The third kappa shape index (κ3) is 2.86. The first-order chi connectivity index (χ1) is 8.24. The van der Waals surface area contributed by atoms with Crippen molar-refractivity contribution in [2.45, 2.75) is 6.10 Å². The average molecular weight is 300 g/mol. The highest BCUT2D eigenvalue weighted by Crippen LogP contribution is 2.24. The monoisotopic (exact) mass is 299 g/mol. The van der Waals surface area contributed by atoms with Crippen molar-refractivity contribution in [2.75, 3.05) is 31.2 Å². The van der Waals surface area contributed by atoms with Gasteiger partial charge in [0, 0.05) is 28.8 Å². The number of benzene rings is 1. The number of morpholine rings is 1. The number of hydrogen-bond acceptors (Lipinski definition) is 4. The van der Waals surface area contributed by atoms with Crippen molar-refractivity contribution in [3.05, 3.63) is 28.2 Å². The van der Waals surface area contributed by atoms with Gasteiger partial charge in [-0.25, -0.2) is 0 Å². The van der Waals surface area contributed by atoms with Crippen LogP contribution in [0.3, 0.4) is 0 Å². The number of anilines is 1. The van der Waals surface area contributed by atoms with E-state index in [1.807, 2.05) is 12.1 Å². The van der Waals surface area contributed by atoms with E-state index in [0.29, 0.717) is 18.7 Å². The van der Waals surface area contributed by atoms with Crippen LogP contribution in [0.25, 0.3) is 0 Å². The van der Waals surface area contributed by atoms with Gasteiger partial charge in [0.2, 0.25) is 0 Å². The van der Waals surface area contributed by atoms with Crippen molar-refractivity contribution in [3.63, 3.8) is 0 Å². The van der Waals surface area contributed by atoms with Crippen molar-refractivity contribution in [1.29, 1.82) is 0 Å². The molecule has 1 unspecified atom stereocenters. The number of rotatable bonds is 3. The number of hydrogen-bond donors (Lipinski definition) is 1. The molecule has 1 aliphatic heterocycles. The second-order valence-corrected chi connectivity index (χ2v) is 4.80.